The van der Waals surface area contributed by atoms with Crippen molar-refractivity contribution in [2.75, 3.05) is 0 Å². The lowest BCUT2D eigenvalue weighted by molar-refractivity contribution is -0.117. The number of hydrogen-bond acceptors (Lipinski definition) is 2. The number of amides is 1. The molecule has 66 valence electrons. The monoisotopic (exact) mass is 230 g/mol. The fraction of sp³-hybridized carbons (Fsp3) is 0.375. The Labute approximate surface area is 79.8 Å². The molecule has 1 amide bonds. The van der Waals surface area contributed by atoms with Crippen LogP contribution in [0.1, 0.15) is 19.8 Å². The maximum absolute atomic E-state index is 11.1. The summed E-state index contributed by atoms with van der Waals surface area (Å²) in [6.45, 7) is 2.04. The molecule has 0 radical (unpaired) electrons. The first kappa shape index (κ1) is 9.48. The van der Waals surface area contributed by atoms with Crippen molar-refractivity contribution in [2.45, 2.75) is 19.8 Å². The van der Waals surface area contributed by atoms with Gasteiger partial charge in [-0.1, -0.05) is 21.5 Å². The number of rotatable bonds is 1. The lowest BCUT2D eigenvalue weighted by Crippen LogP contribution is -2.31. The van der Waals surface area contributed by atoms with Gasteiger partial charge in [-0.05, 0) is 25.8 Å². The fourth-order valence-electron chi connectivity index (χ4n) is 1.06. The van der Waals surface area contributed by atoms with Crippen molar-refractivity contribution in [1.29, 1.82) is 0 Å². The highest BCUT2D eigenvalue weighted by Gasteiger charge is 2.13. The Balaban J connectivity index is 2.83. The number of hydrazine groups is 1. The van der Waals surface area contributed by atoms with E-state index in [1.165, 1.54) is 5.57 Å². The molecule has 1 aliphatic carbocycles. The molecular formula is C8H11BrN2O. The lowest BCUT2D eigenvalue weighted by atomic mass is 9.99. The van der Waals surface area contributed by atoms with E-state index in [-0.39, 0.29) is 5.91 Å². The molecule has 0 bridgehead atoms. The molecule has 0 aromatic carbocycles. The molecule has 0 unspecified atom stereocenters. The Bertz CT molecular complexity index is 268. The first-order valence-corrected chi connectivity index (χ1v) is 4.51. The van der Waals surface area contributed by atoms with Gasteiger partial charge >= 0.3 is 0 Å². The third-order valence-corrected chi connectivity index (χ3v) is 2.81. The molecule has 0 spiro atoms. The zero-order valence-electron chi connectivity index (χ0n) is 6.86. The summed E-state index contributed by atoms with van der Waals surface area (Å²) in [6.07, 6.45) is 3.50. The Morgan fingerprint density at radius 2 is 2.33 bits per heavy atom. The quantitative estimate of drug-likeness (QED) is 0.406. The van der Waals surface area contributed by atoms with E-state index in [4.69, 9.17) is 5.84 Å². The lowest BCUT2D eigenvalue weighted by Gasteiger charge is -2.12. The molecule has 0 saturated carbocycles. The van der Waals surface area contributed by atoms with E-state index in [2.05, 4.69) is 21.4 Å². The van der Waals surface area contributed by atoms with Crippen molar-refractivity contribution < 1.29 is 4.79 Å². The largest absolute Gasteiger partial charge is 0.290 e. The minimum absolute atomic E-state index is 0.195. The second-order valence-corrected chi connectivity index (χ2v) is 3.63. The molecule has 0 fully saturated rings. The minimum Gasteiger partial charge on any atom is -0.290 e. The molecule has 1 rings (SSSR count). The van der Waals surface area contributed by atoms with Crippen LogP contribution in [-0.2, 0) is 4.79 Å². The first-order valence-electron chi connectivity index (χ1n) is 3.72. The number of nitrogens with two attached hydrogens (primary N) is 1. The maximum Gasteiger partial charge on any atom is 0.261 e. The number of hydrogen-bond donors (Lipinski definition) is 2. The topological polar surface area (TPSA) is 55.1 Å². The molecule has 0 saturated heterocycles. The van der Waals surface area contributed by atoms with Gasteiger partial charge in [0.25, 0.3) is 5.91 Å². The zero-order valence-corrected chi connectivity index (χ0v) is 8.44. The summed E-state index contributed by atoms with van der Waals surface area (Å²) in [5, 5.41) is 0. The number of carbonyl (C=O) groups excluding carboxylic acids is 1. The standard InChI is InChI=1S/C8H11BrN2O/c1-5-2-3-6(4-7(5)9)8(12)11-10/h4H,2-3,10H2,1H3,(H,11,12). The second kappa shape index (κ2) is 3.87. The van der Waals surface area contributed by atoms with E-state index in [0.717, 1.165) is 22.9 Å². The molecule has 0 atom stereocenters. The van der Waals surface area contributed by atoms with Gasteiger partial charge in [-0.25, -0.2) is 5.84 Å². The third-order valence-electron chi connectivity index (χ3n) is 1.90. The van der Waals surface area contributed by atoms with Gasteiger partial charge in [-0.3, -0.25) is 10.2 Å². The summed E-state index contributed by atoms with van der Waals surface area (Å²) in [5.74, 6) is 4.82. The number of carbonyl (C=O) groups is 1. The molecule has 12 heavy (non-hydrogen) atoms. The van der Waals surface area contributed by atoms with E-state index in [1.807, 2.05) is 13.0 Å². The van der Waals surface area contributed by atoms with Crippen LogP contribution in [0.4, 0.5) is 0 Å². The molecule has 0 aromatic rings. The highest BCUT2D eigenvalue weighted by atomic mass is 79.9. The van der Waals surface area contributed by atoms with Crippen molar-refractivity contribution in [3.63, 3.8) is 0 Å². The van der Waals surface area contributed by atoms with Crippen LogP contribution in [0.15, 0.2) is 21.7 Å². The van der Waals surface area contributed by atoms with Crippen LogP contribution < -0.4 is 11.3 Å². The van der Waals surface area contributed by atoms with Crippen LogP contribution in [0.2, 0.25) is 0 Å². The predicted octanol–water partition coefficient (Wildman–Crippen LogP) is 1.37. The smallest absolute Gasteiger partial charge is 0.261 e. The van der Waals surface area contributed by atoms with Crippen LogP contribution >= 0.6 is 15.9 Å². The Morgan fingerprint density at radius 1 is 1.67 bits per heavy atom. The molecule has 0 aliphatic heterocycles. The van der Waals surface area contributed by atoms with Gasteiger partial charge in [0.15, 0.2) is 0 Å². The van der Waals surface area contributed by atoms with Crippen molar-refractivity contribution in [1.82, 2.24) is 5.43 Å². The molecule has 3 N–H and O–H groups in total. The van der Waals surface area contributed by atoms with Crippen LogP contribution in [-0.4, -0.2) is 5.91 Å². The number of allylic oxidation sites excluding steroid dienone is 3. The third kappa shape index (κ3) is 1.95. The Hall–Kier alpha value is -0.610. The zero-order chi connectivity index (χ0) is 9.14. The minimum atomic E-state index is -0.195. The SMILES string of the molecule is CC1=C(Br)C=C(C(=O)NN)CC1. The van der Waals surface area contributed by atoms with Crippen LogP contribution in [0, 0.1) is 0 Å². The molecule has 0 aromatic heterocycles. The molecule has 1 aliphatic rings. The van der Waals surface area contributed by atoms with E-state index < -0.39 is 0 Å². The van der Waals surface area contributed by atoms with E-state index in [0.29, 0.717) is 0 Å². The molecule has 4 heteroatoms. The molecule has 3 nitrogen and oxygen atoms in total. The number of halogens is 1. The van der Waals surface area contributed by atoms with Gasteiger partial charge in [0.1, 0.15) is 0 Å². The molecule has 0 heterocycles. The summed E-state index contributed by atoms with van der Waals surface area (Å²) >= 11 is 3.37. The van der Waals surface area contributed by atoms with Gasteiger partial charge in [0, 0.05) is 10.1 Å². The van der Waals surface area contributed by atoms with Gasteiger partial charge in [0.05, 0.1) is 0 Å². The highest BCUT2D eigenvalue weighted by Crippen LogP contribution is 2.26. The van der Waals surface area contributed by atoms with Crippen LogP contribution in [0.5, 0.6) is 0 Å². The highest BCUT2D eigenvalue weighted by molar-refractivity contribution is 9.11. The van der Waals surface area contributed by atoms with E-state index >= 15 is 0 Å². The average Bonchev–Trinajstić information content (AvgIpc) is 2.08. The summed E-state index contributed by atoms with van der Waals surface area (Å²) < 4.78 is 0.993. The van der Waals surface area contributed by atoms with Crippen molar-refractivity contribution in [3.8, 4) is 0 Å². The Morgan fingerprint density at radius 3 is 2.83 bits per heavy atom. The van der Waals surface area contributed by atoms with E-state index in [1.54, 1.807) is 0 Å². The summed E-state index contributed by atoms with van der Waals surface area (Å²) in [7, 11) is 0. The summed E-state index contributed by atoms with van der Waals surface area (Å²) in [5.41, 5.74) is 4.12. The van der Waals surface area contributed by atoms with E-state index in [9.17, 15) is 4.79 Å². The maximum atomic E-state index is 11.1. The predicted molar refractivity (Wildman–Crippen MR) is 51.3 cm³/mol. The van der Waals surface area contributed by atoms with Crippen LogP contribution in [0.3, 0.4) is 0 Å². The number of nitrogens with one attached hydrogen (secondary N) is 1. The average molecular weight is 231 g/mol. The van der Waals surface area contributed by atoms with Gasteiger partial charge in [0.2, 0.25) is 0 Å². The van der Waals surface area contributed by atoms with Gasteiger partial charge < -0.3 is 0 Å². The fourth-order valence-corrected chi connectivity index (χ4v) is 1.54. The van der Waals surface area contributed by atoms with Crippen molar-refractivity contribution in [3.05, 3.63) is 21.7 Å². The first-order chi connectivity index (χ1) is 5.65. The second-order valence-electron chi connectivity index (χ2n) is 2.77. The van der Waals surface area contributed by atoms with Crippen molar-refractivity contribution in [2.24, 2.45) is 5.84 Å². The normalized spacial score (nSPS) is 17.4. The Kier molecular flexibility index (Phi) is 3.05. The van der Waals surface area contributed by atoms with Crippen LogP contribution in [0.25, 0.3) is 0 Å². The molecular weight excluding hydrogens is 220 g/mol. The van der Waals surface area contributed by atoms with Gasteiger partial charge in [-0.15, -0.1) is 0 Å². The van der Waals surface area contributed by atoms with Crippen molar-refractivity contribution >= 4 is 21.8 Å². The summed E-state index contributed by atoms with van der Waals surface area (Å²) in [4.78, 5) is 11.1. The summed E-state index contributed by atoms with van der Waals surface area (Å²) in [6, 6.07) is 0. The van der Waals surface area contributed by atoms with Gasteiger partial charge in [-0.2, -0.15) is 0 Å².